The molecule has 2 amide bonds. The van der Waals surface area contributed by atoms with Crippen LogP contribution < -0.4 is 10.6 Å². The predicted molar refractivity (Wildman–Crippen MR) is 98.8 cm³/mol. The lowest BCUT2D eigenvalue weighted by Gasteiger charge is -2.34. The van der Waals surface area contributed by atoms with Crippen molar-refractivity contribution in [3.05, 3.63) is 0 Å². The van der Waals surface area contributed by atoms with Gasteiger partial charge < -0.3 is 20.5 Å². The maximum absolute atomic E-state index is 12.8. The van der Waals surface area contributed by atoms with Crippen LogP contribution in [-0.2, 0) is 14.3 Å². The van der Waals surface area contributed by atoms with Crippen molar-refractivity contribution in [2.75, 3.05) is 0 Å². The minimum atomic E-state index is -1.03. The lowest BCUT2D eigenvalue weighted by atomic mass is 9.82. The van der Waals surface area contributed by atoms with E-state index >= 15 is 0 Å². The zero-order valence-corrected chi connectivity index (χ0v) is 16.8. The van der Waals surface area contributed by atoms with Gasteiger partial charge in [0.05, 0.1) is 0 Å². The molecular weight excluding hydrogens is 336 g/mol. The first-order chi connectivity index (χ1) is 11.8. The van der Waals surface area contributed by atoms with Gasteiger partial charge in [0, 0.05) is 0 Å². The molecule has 1 aliphatic carbocycles. The highest BCUT2D eigenvalue weighted by Gasteiger charge is 2.38. The SMILES string of the molecule is CC(C)(C)OC(=O)N[C@H](C(=O)N[C@H](C(=O)O)C1CCCCC1)C(C)(C)C. The lowest BCUT2D eigenvalue weighted by molar-refractivity contribution is -0.144. The molecule has 3 N–H and O–H groups in total. The van der Waals surface area contributed by atoms with Gasteiger partial charge in [-0.1, -0.05) is 40.0 Å². The molecule has 0 aromatic heterocycles. The molecular formula is C19H34N2O5. The molecule has 1 aliphatic rings. The van der Waals surface area contributed by atoms with E-state index < -0.39 is 41.1 Å². The number of nitrogens with one attached hydrogen (secondary N) is 2. The van der Waals surface area contributed by atoms with Gasteiger partial charge >= 0.3 is 12.1 Å². The van der Waals surface area contributed by atoms with Crippen molar-refractivity contribution in [2.24, 2.45) is 11.3 Å². The number of rotatable bonds is 5. The molecule has 7 heteroatoms. The molecule has 0 spiro atoms. The summed E-state index contributed by atoms with van der Waals surface area (Å²) in [5.41, 5.74) is -1.29. The average Bonchev–Trinajstić information content (AvgIpc) is 2.47. The highest BCUT2D eigenvalue weighted by Crippen LogP contribution is 2.27. The molecule has 1 rings (SSSR count). The molecule has 0 saturated heterocycles. The maximum atomic E-state index is 12.8. The van der Waals surface area contributed by atoms with E-state index in [1.54, 1.807) is 20.8 Å². The van der Waals surface area contributed by atoms with E-state index in [0.29, 0.717) is 0 Å². The van der Waals surface area contributed by atoms with Gasteiger partial charge in [0.25, 0.3) is 0 Å². The van der Waals surface area contributed by atoms with E-state index in [2.05, 4.69) is 10.6 Å². The fourth-order valence-electron chi connectivity index (χ4n) is 3.19. The van der Waals surface area contributed by atoms with Gasteiger partial charge in [-0.15, -0.1) is 0 Å². The van der Waals surface area contributed by atoms with Crippen LogP contribution in [-0.4, -0.2) is 40.8 Å². The summed E-state index contributed by atoms with van der Waals surface area (Å²) < 4.78 is 5.24. The topological polar surface area (TPSA) is 105 Å². The van der Waals surface area contributed by atoms with E-state index in [1.807, 2.05) is 20.8 Å². The molecule has 0 radical (unpaired) electrons. The zero-order valence-electron chi connectivity index (χ0n) is 16.8. The first-order valence-corrected chi connectivity index (χ1v) is 9.34. The van der Waals surface area contributed by atoms with Crippen LogP contribution in [0.3, 0.4) is 0 Å². The number of carbonyl (C=O) groups excluding carboxylic acids is 2. The van der Waals surface area contributed by atoms with Crippen molar-refractivity contribution in [1.29, 1.82) is 0 Å². The van der Waals surface area contributed by atoms with E-state index in [9.17, 15) is 19.5 Å². The van der Waals surface area contributed by atoms with Crippen molar-refractivity contribution in [1.82, 2.24) is 10.6 Å². The summed E-state index contributed by atoms with van der Waals surface area (Å²) >= 11 is 0. The van der Waals surface area contributed by atoms with Crippen molar-refractivity contribution in [2.45, 2.75) is 91.3 Å². The predicted octanol–water partition coefficient (Wildman–Crippen LogP) is 3.08. The third kappa shape index (κ3) is 7.22. The Balaban J connectivity index is 2.87. The second kappa shape index (κ2) is 8.73. The molecule has 0 heterocycles. The number of carboxylic acids is 1. The Hall–Kier alpha value is -1.79. The van der Waals surface area contributed by atoms with Crippen LogP contribution in [0.4, 0.5) is 4.79 Å². The van der Waals surface area contributed by atoms with Crippen molar-refractivity contribution >= 4 is 18.0 Å². The number of hydrogen-bond donors (Lipinski definition) is 3. The molecule has 1 saturated carbocycles. The summed E-state index contributed by atoms with van der Waals surface area (Å²) in [4.78, 5) is 36.6. The second-order valence-corrected chi connectivity index (χ2v) is 9.17. The van der Waals surface area contributed by atoms with Crippen molar-refractivity contribution in [3.8, 4) is 0 Å². The Kier molecular flexibility index (Phi) is 7.47. The Morgan fingerprint density at radius 3 is 1.92 bits per heavy atom. The van der Waals surface area contributed by atoms with Crippen molar-refractivity contribution in [3.63, 3.8) is 0 Å². The summed E-state index contributed by atoms with van der Waals surface area (Å²) in [5, 5.41) is 14.8. The molecule has 7 nitrogen and oxygen atoms in total. The normalized spacial score (nSPS) is 18.5. The number of carbonyl (C=O) groups is 3. The Bertz CT molecular complexity index is 513. The molecule has 0 aromatic carbocycles. The van der Waals surface area contributed by atoms with Crippen molar-refractivity contribution < 1.29 is 24.2 Å². The van der Waals surface area contributed by atoms with E-state index in [1.165, 1.54) is 0 Å². The van der Waals surface area contributed by atoms with Crippen LogP contribution in [0, 0.1) is 11.3 Å². The number of ether oxygens (including phenoxy) is 1. The average molecular weight is 370 g/mol. The largest absolute Gasteiger partial charge is 0.480 e. The molecule has 0 bridgehead atoms. The third-order valence-corrected chi connectivity index (χ3v) is 4.47. The molecule has 0 aromatic rings. The van der Waals surface area contributed by atoms with Gasteiger partial charge in [0.15, 0.2) is 0 Å². The van der Waals surface area contributed by atoms with Gasteiger partial charge in [-0.2, -0.15) is 0 Å². The number of aliphatic carboxylic acids is 1. The molecule has 0 aliphatic heterocycles. The summed E-state index contributed by atoms with van der Waals surface area (Å²) in [6.45, 7) is 10.6. The zero-order chi connectivity index (χ0) is 20.1. The lowest BCUT2D eigenvalue weighted by Crippen LogP contribution is -2.58. The smallest absolute Gasteiger partial charge is 0.408 e. The second-order valence-electron chi connectivity index (χ2n) is 9.17. The number of amides is 2. The Morgan fingerprint density at radius 2 is 1.50 bits per heavy atom. The van der Waals surface area contributed by atoms with Crippen LogP contribution in [0.1, 0.15) is 73.6 Å². The monoisotopic (exact) mass is 370 g/mol. The third-order valence-electron chi connectivity index (χ3n) is 4.47. The fourth-order valence-corrected chi connectivity index (χ4v) is 3.19. The highest BCUT2D eigenvalue weighted by atomic mass is 16.6. The molecule has 150 valence electrons. The Labute approximate surface area is 156 Å². The molecule has 1 fully saturated rings. The van der Waals surface area contributed by atoms with Gasteiger partial charge in [-0.25, -0.2) is 9.59 Å². The summed E-state index contributed by atoms with van der Waals surface area (Å²) in [6, 6.07) is -1.84. The highest BCUT2D eigenvalue weighted by molar-refractivity contribution is 5.90. The van der Waals surface area contributed by atoms with Crippen LogP contribution in [0.25, 0.3) is 0 Å². The quantitative estimate of drug-likeness (QED) is 0.690. The van der Waals surface area contributed by atoms with Crippen LogP contribution in [0.2, 0.25) is 0 Å². The van der Waals surface area contributed by atoms with E-state index in [4.69, 9.17) is 4.74 Å². The maximum Gasteiger partial charge on any atom is 0.408 e. The summed E-state index contributed by atoms with van der Waals surface area (Å²) in [5.74, 6) is -1.61. The summed E-state index contributed by atoms with van der Waals surface area (Å²) in [6.07, 6.45) is 3.93. The minimum absolute atomic E-state index is 0.0765. The van der Waals surface area contributed by atoms with Gasteiger partial charge in [0.2, 0.25) is 5.91 Å². The number of alkyl carbamates (subject to hydrolysis) is 1. The molecule has 26 heavy (non-hydrogen) atoms. The van der Waals surface area contributed by atoms with Crippen LogP contribution in [0.5, 0.6) is 0 Å². The van der Waals surface area contributed by atoms with Gasteiger partial charge in [0.1, 0.15) is 17.7 Å². The number of hydrogen-bond acceptors (Lipinski definition) is 4. The van der Waals surface area contributed by atoms with E-state index in [0.717, 1.165) is 32.1 Å². The molecule has 2 atom stereocenters. The van der Waals surface area contributed by atoms with Crippen LogP contribution >= 0.6 is 0 Å². The fraction of sp³-hybridized carbons (Fsp3) is 0.842. The van der Waals surface area contributed by atoms with Gasteiger partial charge in [-0.05, 0) is 44.9 Å². The van der Waals surface area contributed by atoms with Gasteiger partial charge in [-0.3, -0.25) is 4.79 Å². The first kappa shape index (κ1) is 22.3. The number of carboxylic acid groups (broad SMARTS) is 1. The molecule has 0 unspecified atom stereocenters. The summed E-state index contributed by atoms with van der Waals surface area (Å²) in [7, 11) is 0. The first-order valence-electron chi connectivity index (χ1n) is 9.34. The standard InChI is InChI=1S/C19H34N2O5/c1-18(2,3)14(21-17(25)26-19(4,5)6)15(22)20-13(16(23)24)12-10-8-7-9-11-12/h12-14H,7-11H2,1-6H3,(H,20,22)(H,21,25)(H,23,24)/t13-,14+/m0/s1. The van der Waals surface area contributed by atoms with E-state index in [-0.39, 0.29) is 5.92 Å². The minimum Gasteiger partial charge on any atom is -0.480 e. The van der Waals surface area contributed by atoms with Crippen LogP contribution in [0.15, 0.2) is 0 Å². The Morgan fingerprint density at radius 1 is 0.962 bits per heavy atom.